The molecule has 15 N–H and O–H groups in total. The van der Waals surface area contributed by atoms with Gasteiger partial charge in [-0.1, -0.05) is 18.6 Å². The van der Waals surface area contributed by atoms with Crippen LogP contribution in [0.4, 0.5) is 0 Å². The van der Waals surface area contributed by atoms with Crippen molar-refractivity contribution in [1.82, 2.24) is 58.5 Å². The van der Waals surface area contributed by atoms with Crippen LogP contribution < -0.4 is 64.2 Å². The fourth-order valence-electron chi connectivity index (χ4n) is 7.40. The number of nitrogens with two attached hydrogens (primary N) is 1. The van der Waals surface area contributed by atoms with Gasteiger partial charge in [-0.05, 0) is 43.4 Å². The van der Waals surface area contributed by atoms with Crippen LogP contribution in [0.15, 0.2) is 24.3 Å². The van der Waals surface area contributed by atoms with Crippen LogP contribution in [0.1, 0.15) is 69.8 Å². The SMILES string of the molecule is NC(=O)C(CS)NC(=O)CCCCCNC(=O)C(Cc1ccc(O)cc1)NC(=O)CCCC(=O)NC12CNCCNCC(NC(=O)CCCC(=O)O)(CNCCNC1)CNCCNC2. The normalized spacial score (nSPS) is 20.9. The molecule has 1 aromatic carbocycles. The molecule has 3 fully saturated rings. The van der Waals surface area contributed by atoms with Gasteiger partial charge in [0, 0.05) is 129 Å². The molecular formula is C42H72N12O9S. The number of fused-ring (bicyclic) bond motifs is 15. The van der Waals surface area contributed by atoms with E-state index in [1.165, 1.54) is 12.1 Å². The summed E-state index contributed by atoms with van der Waals surface area (Å²) < 4.78 is 0. The summed E-state index contributed by atoms with van der Waals surface area (Å²) in [5.74, 6) is -2.91. The molecule has 1 aromatic rings. The third-order valence-electron chi connectivity index (χ3n) is 10.9. The van der Waals surface area contributed by atoms with Gasteiger partial charge in [-0.15, -0.1) is 0 Å². The topological polar surface area (TPSA) is 318 Å². The van der Waals surface area contributed by atoms with Crippen molar-refractivity contribution < 1.29 is 43.8 Å². The van der Waals surface area contributed by atoms with Crippen molar-refractivity contribution in [2.24, 2.45) is 5.73 Å². The molecule has 0 radical (unpaired) electrons. The number of nitrogens with one attached hydrogen (secondary N) is 11. The van der Waals surface area contributed by atoms with Gasteiger partial charge in [0.15, 0.2) is 0 Å². The molecule has 0 aliphatic carbocycles. The molecule has 3 saturated heterocycles. The van der Waals surface area contributed by atoms with Crippen LogP contribution in [-0.4, -0.2) is 166 Å². The van der Waals surface area contributed by atoms with Gasteiger partial charge >= 0.3 is 5.97 Å². The highest BCUT2D eigenvalue weighted by Gasteiger charge is 2.34. The van der Waals surface area contributed by atoms with Crippen LogP contribution in [-0.2, 0) is 40.0 Å². The van der Waals surface area contributed by atoms with Gasteiger partial charge in [-0.25, -0.2) is 0 Å². The van der Waals surface area contributed by atoms with E-state index in [2.05, 4.69) is 71.1 Å². The molecule has 0 spiro atoms. The zero-order valence-corrected chi connectivity index (χ0v) is 37.8. The Balaban J connectivity index is 1.53. The summed E-state index contributed by atoms with van der Waals surface area (Å²) in [5.41, 5.74) is 4.62. The second-order valence-electron chi connectivity index (χ2n) is 16.6. The molecule has 2 unspecified atom stereocenters. The fraction of sp³-hybridized carbons (Fsp3) is 0.690. The molecular weight excluding hydrogens is 849 g/mol. The van der Waals surface area contributed by atoms with Crippen molar-refractivity contribution >= 4 is 54.0 Å². The number of rotatable bonds is 23. The van der Waals surface area contributed by atoms with E-state index in [4.69, 9.17) is 10.8 Å². The number of hydrogen-bond donors (Lipinski definition) is 15. The number of amides is 6. The van der Waals surface area contributed by atoms with Gasteiger partial charge in [-0.2, -0.15) is 12.6 Å². The summed E-state index contributed by atoms with van der Waals surface area (Å²) in [4.78, 5) is 87.5. The maximum Gasteiger partial charge on any atom is 0.303 e. The molecule has 21 nitrogen and oxygen atoms in total. The van der Waals surface area contributed by atoms with E-state index < -0.39 is 35.0 Å². The van der Waals surface area contributed by atoms with Crippen molar-refractivity contribution in [3.63, 3.8) is 0 Å². The number of hydrogen-bond acceptors (Lipinski definition) is 15. The molecule has 2 bridgehead atoms. The van der Waals surface area contributed by atoms with Crippen molar-refractivity contribution in [1.29, 1.82) is 0 Å². The maximum absolute atomic E-state index is 13.6. The Bertz CT molecular complexity index is 1600. The number of carboxylic acids is 1. The zero-order valence-electron chi connectivity index (χ0n) is 36.9. The van der Waals surface area contributed by atoms with Gasteiger partial charge in [-0.3, -0.25) is 33.6 Å². The van der Waals surface area contributed by atoms with Crippen molar-refractivity contribution in [2.75, 3.05) is 90.8 Å². The predicted molar refractivity (Wildman–Crippen MR) is 245 cm³/mol. The first-order valence-corrected chi connectivity index (χ1v) is 23.0. The lowest BCUT2D eigenvalue weighted by Crippen LogP contribution is -2.68. The summed E-state index contributed by atoms with van der Waals surface area (Å²) in [6.45, 7) is 6.57. The van der Waals surface area contributed by atoms with Gasteiger partial charge < -0.3 is 74.4 Å². The van der Waals surface area contributed by atoms with Crippen molar-refractivity contribution in [3.05, 3.63) is 29.8 Å². The molecule has 360 valence electrons. The molecule has 0 saturated carbocycles. The monoisotopic (exact) mass is 921 g/mol. The molecule has 3 aliphatic heterocycles. The van der Waals surface area contributed by atoms with Crippen LogP contribution >= 0.6 is 12.6 Å². The minimum atomic E-state index is -0.933. The minimum absolute atomic E-state index is 0.00765. The molecule has 6 amide bonds. The molecule has 3 aliphatic rings. The number of aromatic hydroxyl groups is 1. The van der Waals surface area contributed by atoms with E-state index >= 15 is 0 Å². The van der Waals surface area contributed by atoms with E-state index in [-0.39, 0.29) is 92.4 Å². The van der Waals surface area contributed by atoms with E-state index in [1.54, 1.807) is 12.1 Å². The maximum atomic E-state index is 13.6. The highest BCUT2D eigenvalue weighted by Crippen LogP contribution is 2.13. The van der Waals surface area contributed by atoms with Crippen molar-refractivity contribution in [2.45, 2.75) is 93.8 Å². The van der Waals surface area contributed by atoms with Crippen molar-refractivity contribution in [3.8, 4) is 5.75 Å². The summed E-state index contributed by atoms with van der Waals surface area (Å²) in [7, 11) is 0. The second kappa shape index (κ2) is 29.8. The van der Waals surface area contributed by atoms with Crippen LogP contribution in [0.25, 0.3) is 0 Å². The fourth-order valence-corrected chi connectivity index (χ4v) is 7.67. The smallest absolute Gasteiger partial charge is 0.303 e. The molecule has 2 atom stereocenters. The number of carboxylic acid groups (broad SMARTS) is 1. The van der Waals surface area contributed by atoms with Gasteiger partial charge in [0.2, 0.25) is 35.4 Å². The number of benzene rings is 1. The van der Waals surface area contributed by atoms with E-state index in [0.717, 1.165) is 5.56 Å². The summed E-state index contributed by atoms with van der Waals surface area (Å²) in [5, 5.41) is 54.2. The number of primary amides is 1. The Labute approximate surface area is 381 Å². The van der Waals surface area contributed by atoms with Crippen LogP contribution in [0, 0.1) is 0 Å². The second-order valence-corrected chi connectivity index (χ2v) is 17.0. The predicted octanol–water partition coefficient (Wildman–Crippen LogP) is -3.30. The third kappa shape index (κ3) is 21.9. The average Bonchev–Trinajstić information content (AvgIpc) is 3.24. The Morgan fingerprint density at radius 3 is 1.45 bits per heavy atom. The lowest BCUT2D eigenvalue weighted by molar-refractivity contribution is -0.137. The first-order chi connectivity index (χ1) is 30.7. The highest BCUT2D eigenvalue weighted by molar-refractivity contribution is 7.80. The molecule has 3 heterocycles. The summed E-state index contributed by atoms with van der Waals surface area (Å²) in [6, 6.07) is 4.61. The Kier molecular flexibility index (Phi) is 25.0. The van der Waals surface area contributed by atoms with Gasteiger partial charge in [0.1, 0.15) is 17.8 Å². The van der Waals surface area contributed by atoms with Crippen LogP contribution in [0.5, 0.6) is 5.75 Å². The number of phenols is 1. The summed E-state index contributed by atoms with van der Waals surface area (Å²) >= 11 is 4.02. The lowest BCUT2D eigenvalue weighted by atomic mass is 9.96. The standard InChI is InChI=1S/C42H72N12O9S/c43-39(62)33(23-64)52-34(56)6-2-1-3-15-50-40(63)32(22-30-11-13-31(55)14-12-30)51-35(57)7-4-8-36(58)53-41-24-44-16-19-47-27-42(28-48-20-17-45-25-41,29-49-21-18-46-26-41)54-37(59)9-5-10-38(60)61/h11-14,32-33,44-49,55,64H,1-10,15-29H2,(H2,43,62)(H,50,63)(H,51,57)(H,52,56)(H,53,58)(H,54,59)(H,60,61). The van der Waals surface area contributed by atoms with Gasteiger partial charge in [0.25, 0.3) is 0 Å². The average molecular weight is 921 g/mol. The van der Waals surface area contributed by atoms with Gasteiger partial charge in [0.05, 0.1) is 11.1 Å². The number of thiol groups is 1. The number of phenolic OH excluding ortho intramolecular Hbond substituents is 1. The largest absolute Gasteiger partial charge is 0.508 e. The number of aliphatic carboxylic acids is 1. The Morgan fingerprint density at radius 1 is 0.594 bits per heavy atom. The number of carbonyl (C=O) groups is 7. The van der Waals surface area contributed by atoms with Crippen LogP contribution in [0.2, 0.25) is 0 Å². The first-order valence-electron chi connectivity index (χ1n) is 22.4. The molecule has 22 heteroatoms. The first kappa shape index (κ1) is 53.8. The van der Waals surface area contributed by atoms with E-state index in [9.17, 15) is 38.7 Å². The van der Waals surface area contributed by atoms with E-state index in [0.29, 0.717) is 104 Å². The van der Waals surface area contributed by atoms with Crippen LogP contribution in [0.3, 0.4) is 0 Å². The molecule has 0 aromatic heterocycles. The minimum Gasteiger partial charge on any atom is -0.508 e. The molecule has 4 rings (SSSR count). The Hall–Kier alpha value is -4.58. The number of unbranched alkanes of at least 4 members (excludes halogenated alkanes) is 2. The zero-order chi connectivity index (χ0) is 46.6. The molecule has 64 heavy (non-hydrogen) atoms. The Morgan fingerprint density at radius 2 is 1.02 bits per heavy atom. The lowest BCUT2D eigenvalue weighted by Gasteiger charge is -2.39. The quantitative estimate of drug-likeness (QED) is 0.0378. The third-order valence-corrected chi connectivity index (χ3v) is 11.3. The highest BCUT2D eigenvalue weighted by atomic mass is 32.1. The number of carbonyl (C=O) groups excluding carboxylic acids is 6. The summed E-state index contributed by atoms with van der Waals surface area (Å²) in [6.07, 6.45) is 2.74. The van der Waals surface area contributed by atoms with E-state index in [1.807, 2.05) is 0 Å².